The van der Waals surface area contributed by atoms with Gasteiger partial charge >= 0.3 is 0 Å². The summed E-state index contributed by atoms with van der Waals surface area (Å²) >= 11 is 0. The second kappa shape index (κ2) is 6.71. The van der Waals surface area contributed by atoms with Gasteiger partial charge in [0, 0.05) is 11.1 Å². The lowest BCUT2D eigenvalue weighted by Crippen LogP contribution is -2.43. The van der Waals surface area contributed by atoms with Gasteiger partial charge in [0.15, 0.2) is 0 Å². The predicted octanol–water partition coefficient (Wildman–Crippen LogP) is 2.99. The standard InChI is InChI=1S/C21H27N3O2/c1-12(19(22)25)23-20(26)18-14-7-5-6-8-16(14)24-17-10-9-13(11-15(17)18)21(2,3)4/h5-8,12-13H,9-11H2,1-4H3,(H2,22,25)(H,23,26)/t12-,13-/m1/s1. The lowest BCUT2D eigenvalue weighted by molar-refractivity contribution is -0.119. The molecule has 0 aliphatic heterocycles. The van der Waals surface area contributed by atoms with Gasteiger partial charge in [0.05, 0.1) is 11.1 Å². The van der Waals surface area contributed by atoms with Crippen LogP contribution in [0, 0.1) is 11.3 Å². The van der Waals surface area contributed by atoms with Gasteiger partial charge < -0.3 is 11.1 Å². The van der Waals surface area contributed by atoms with Crippen molar-refractivity contribution in [3.63, 3.8) is 0 Å². The van der Waals surface area contributed by atoms with E-state index in [2.05, 4.69) is 26.1 Å². The third-order valence-electron chi connectivity index (χ3n) is 5.49. The molecule has 0 bridgehead atoms. The smallest absolute Gasteiger partial charge is 0.252 e. The van der Waals surface area contributed by atoms with Crippen molar-refractivity contribution in [1.82, 2.24) is 10.3 Å². The fraction of sp³-hybridized carbons (Fsp3) is 0.476. The molecule has 0 saturated heterocycles. The summed E-state index contributed by atoms with van der Waals surface area (Å²) in [5, 5.41) is 3.58. The summed E-state index contributed by atoms with van der Waals surface area (Å²) in [6.07, 6.45) is 2.76. The van der Waals surface area contributed by atoms with Crippen LogP contribution in [0.5, 0.6) is 0 Å². The Labute approximate surface area is 154 Å². The number of nitrogens with one attached hydrogen (secondary N) is 1. The lowest BCUT2D eigenvalue weighted by Gasteiger charge is -2.35. The van der Waals surface area contributed by atoms with Gasteiger partial charge in [-0.1, -0.05) is 39.0 Å². The van der Waals surface area contributed by atoms with Crippen molar-refractivity contribution in [3.05, 3.63) is 41.1 Å². The number of rotatable bonds is 3. The van der Waals surface area contributed by atoms with Gasteiger partial charge in [0.1, 0.15) is 6.04 Å². The van der Waals surface area contributed by atoms with Gasteiger partial charge in [0.25, 0.3) is 5.91 Å². The first-order valence-electron chi connectivity index (χ1n) is 9.19. The number of fused-ring (bicyclic) bond motifs is 2. The Hall–Kier alpha value is -2.43. The topological polar surface area (TPSA) is 85.1 Å². The highest BCUT2D eigenvalue weighted by molar-refractivity contribution is 6.08. The number of aromatic nitrogens is 1. The van der Waals surface area contributed by atoms with Crippen LogP contribution in [-0.4, -0.2) is 22.8 Å². The van der Waals surface area contributed by atoms with Gasteiger partial charge in [-0.2, -0.15) is 0 Å². The molecule has 0 radical (unpaired) electrons. The van der Waals surface area contributed by atoms with Crippen LogP contribution in [0.25, 0.3) is 10.9 Å². The first kappa shape index (κ1) is 18.4. The Bertz CT molecular complexity index is 867. The number of carbonyl (C=O) groups is 2. The average molecular weight is 353 g/mol. The monoisotopic (exact) mass is 353 g/mol. The summed E-state index contributed by atoms with van der Waals surface area (Å²) in [5.41, 5.74) is 8.97. The van der Waals surface area contributed by atoms with E-state index in [-0.39, 0.29) is 11.3 Å². The van der Waals surface area contributed by atoms with Crippen molar-refractivity contribution in [2.75, 3.05) is 0 Å². The zero-order chi connectivity index (χ0) is 19.1. The van der Waals surface area contributed by atoms with E-state index in [0.717, 1.165) is 41.4 Å². The molecule has 0 spiro atoms. The molecule has 0 fully saturated rings. The largest absolute Gasteiger partial charge is 0.368 e. The molecule has 0 saturated carbocycles. The minimum atomic E-state index is -0.716. The molecular formula is C21H27N3O2. The molecule has 3 N–H and O–H groups in total. The Morgan fingerprint density at radius 1 is 1.27 bits per heavy atom. The Balaban J connectivity index is 2.13. The van der Waals surface area contributed by atoms with Crippen molar-refractivity contribution in [2.24, 2.45) is 17.1 Å². The summed E-state index contributed by atoms with van der Waals surface area (Å²) in [4.78, 5) is 29.3. The number of benzene rings is 1. The predicted molar refractivity (Wildman–Crippen MR) is 103 cm³/mol. The average Bonchev–Trinajstić information content (AvgIpc) is 2.57. The van der Waals surface area contributed by atoms with Crippen molar-refractivity contribution >= 4 is 22.7 Å². The highest BCUT2D eigenvalue weighted by Gasteiger charge is 2.33. The molecule has 2 atom stereocenters. The quantitative estimate of drug-likeness (QED) is 0.889. The second-order valence-electron chi connectivity index (χ2n) is 8.33. The molecule has 1 aliphatic rings. The van der Waals surface area contributed by atoms with Gasteiger partial charge in [-0.05, 0) is 49.1 Å². The Morgan fingerprint density at radius 3 is 2.62 bits per heavy atom. The van der Waals surface area contributed by atoms with Crippen LogP contribution < -0.4 is 11.1 Å². The van der Waals surface area contributed by atoms with Gasteiger partial charge in [-0.3, -0.25) is 14.6 Å². The Kier molecular flexibility index (Phi) is 4.74. The number of hydrogen-bond donors (Lipinski definition) is 2. The molecule has 1 aromatic carbocycles. The number of hydrogen-bond acceptors (Lipinski definition) is 3. The number of para-hydroxylation sites is 1. The number of nitrogens with zero attached hydrogens (tertiary/aromatic N) is 1. The molecule has 5 nitrogen and oxygen atoms in total. The maximum absolute atomic E-state index is 13.1. The van der Waals surface area contributed by atoms with Crippen molar-refractivity contribution in [3.8, 4) is 0 Å². The molecule has 138 valence electrons. The summed E-state index contributed by atoms with van der Waals surface area (Å²) < 4.78 is 0. The van der Waals surface area contributed by atoms with Crippen LogP contribution >= 0.6 is 0 Å². The van der Waals surface area contributed by atoms with E-state index in [9.17, 15) is 9.59 Å². The number of primary amides is 1. The molecule has 26 heavy (non-hydrogen) atoms. The van der Waals surface area contributed by atoms with E-state index in [1.54, 1.807) is 6.92 Å². The van der Waals surface area contributed by atoms with E-state index in [0.29, 0.717) is 11.5 Å². The van der Waals surface area contributed by atoms with Gasteiger partial charge in [0.2, 0.25) is 5.91 Å². The minimum absolute atomic E-state index is 0.164. The summed E-state index contributed by atoms with van der Waals surface area (Å²) in [5.74, 6) is -0.308. The third kappa shape index (κ3) is 3.43. The zero-order valence-corrected chi connectivity index (χ0v) is 15.9. The number of carbonyl (C=O) groups excluding carboxylic acids is 2. The van der Waals surface area contributed by atoms with E-state index >= 15 is 0 Å². The molecule has 1 aliphatic carbocycles. The molecule has 2 aromatic rings. The lowest BCUT2D eigenvalue weighted by atomic mass is 9.70. The molecule has 3 rings (SSSR count). The van der Waals surface area contributed by atoms with E-state index in [4.69, 9.17) is 10.7 Å². The number of nitrogens with two attached hydrogens (primary N) is 1. The van der Waals surface area contributed by atoms with Crippen LogP contribution in [-0.2, 0) is 17.6 Å². The summed E-state index contributed by atoms with van der Waals surface area (Å²) in [6, 6.07) is 6.98. The normalized spacial score (nSPS) is 18.2. The molecule has 1 aromatic heterocycles. The van der Waals surface area contributed by atoms with Crippen LogP contribution in [0.4, 0.5) is 0 Å². The van der Waals surface area contributed by atoms with Gasteiger partial charge in [-0.15, -0.1) is 0 Å². The fourth-order valence-corrected chi connectivity index (χ4v) is 3.73. The van der Waals surface area contributed by atoms with Crippen LogP contribution in [0.3, 0.4) is 0 Å². The first-order chi connectivity index (χ1) is 12.2. The Morgan fingerprint density at radius 2 is 1.96 bits per heavy atom. The SMILES string of the molecule is C[C@@H](NC(=O)c1c2c(nc3ccccc13)CC[C@@H](C(C)(C)C)C2)C(N)=O. The number of aryl methyl sites for hydroxylation is 1. The van der Waals surface area contributed by atoms with Crippen molar-refractivity contribution in [2.45, 2.75) is 53.0 Å². The molecule has 5 heteroatoms. The van der Waals surface area contributed by atoms with Crippen molar-refractivity contribution in [1.29, 1.82) is 0 Å². The summed E-state index contributed by atoms with van der Waals surface area (Å²) in [7, 11) is 0. The zero-order valence-electron chi connectivity index (χ0n) is 15.9. The van der Waals surface area contributed by atoms with Gasteiger partial charge in [-0.25, -0.2) is 0 Å². The van der Waals surface area contributed by atoms with E-state index in [1.165, 1.54) is 0 Å². The van der Waals surface area contributed by atoms with Crippen molar-refractivity contribution < 1.29 is 9.59 Å². The number of amides is 2. The molecular weight excluding hydrogens is 326 g/mol. The van der Waals surface area contributed by atoms with E-state index < -0.39 is 11.9 Å². The fourth-order valence-electron chi connectivity index (χ4n) is 3.73. The third-order valence-corrected chi connectivity index (χ3v) is 5.49. The van der Waals surface area contributed by atoms with E-state index in [1.807, 2.05) is 24.3 Å². The maximum atomic E-state index is 13.1. The molecule has 0 unspecified atom stereocenters. The maximum Gasteiger partial charge on any atom is 0.252 e. The molecule has 2 amide bonds. The second-order valence-corrected chi connectivity index (χ2v) is 8.33. The highest BCUT2D eigenvalue weighted by Crippen LogP contribution is 2.39. The summed E-state index contributed by atoms with van der Waals surface area (Å²) in [6.45, 7) is 8.33. The first-order valence-corrected chi connectivity index (χ1v) is 9.19. The number of pyridine rings is 1. The van der Waals surface area contributed by atoms with Crippen LogP contribution in [0.1, 0.15) is 55.7 Å². The van der Waals surface area contributed by atoms with Crippen LogP contribution in [0.15, 0.2) is 24.3 Å². The van der Waals surface area contributed by atoms with Crippen LogP contribution in [0.2, 0.25) is 0 Å². The highest BCUT2D eigenvalue weighted by atomic mass is 16.2. The minimum Gasteiger partial charge on any atom is -0.368 e. The molecule has 1 heterocycles.